The summed E-state index contributed by atoms with van der Waals surface area (Å²) in [4.78, 5) is 16.1. The molecule has 2 aromatic rings. The zero-order valence-electron chi connectivity index (χ0n) is 12.1. The highest BCUT2D eigenvalue weighted by Crippen LogP contribution is 2.15. The van der Waals surface area contributed by atoms with Crippen molar-refractivity contribution in [2.75, 3.05) is 11.5 Å². The summed E-state index contributed by atoms with van der Waals surface area (Å²) >= 11 is 0. The fraction of sp³-hybridized carbons (Fsp3) is 0.357. The molecule has 0 saturated carbocycles. The molecular weight excluding hydrogens is 270 g/mol. The van der Waals surface area contributed by atoms with Crippen LogP contribution >= 0.6 is 0 Å². The number of nitrogens with zero attached hydrogens (tertiary/aromatic N) is 3. The second-order valence-corrected chi connectivity index (χ2v) is 5.22. The lowest BCUT2D eigenvalue weighted by molar-refractivity contribution is 0.0456. The lowest BCUT2D eigenvalue weighted by atomic mass is 10.2. The van der Waals surface area contributed by atoms with Crippen molar-refractivity contribution in [2.45, 2.75) is 27.0 Å². The maximum absolute atomic E-state index is 12.0. The van der Waals surface area contributed by atoms with Gasteiger partial charge in [-0.15, -0.1) is 0 Å². The van der Waals surface area contributed by atoms with Crippen LogP contribution in [0.1, 0.15) is 30.0 Å². The van der Waals surface area contributed by atoms with Gasteiger partial charge in [0, 0.05) is 17.9 Å². The predicted molar refractivity (Wildman–Crippen MR) is 79.2 cm³/mol. The first-order valence-corrected chi connectivity index (χ1v) is 6.65. The lowest BCUT2D eigenvalue weighted by Gasteiger charge is -2.09. The monoisotopic (exact) mass is 289 g/mol. The molecule has 0 radical (unpaired) electrons. The minimum atomic E-state index is -0.493. The van der Waals surface area contributed by atoms with Gasteiger partial charge in [0.25, 0.3) is 0 Å². The third kappa shape index (κ3) is 3.95. The van der Waals surface area contributed by atoms with Gasteiger partial charge in [-0.2, -0.15) is 5.10 Å². The number of hydrogen-bond donors (Lipinski definition) is 2. The number of carbonyl (C=O) groups excluding carboxylic acids is 1. The molecule has 0 atom stereocenters. The summed E-state index contributed by atoms with van der Waals surface area (Å²) in [6.07, 6.45) is 1.45. The number of anilines is 2. The molecule has 7 heteroatoms. The van der Waals surface area contributed by atoms with Crippen LogP contribution in [-0.2, 0) is 17.9 Å². The van der Waals surface area contributed by atoms with E-state index in [-0.39, 0.29) is 6.61 Å². The van der Waals surface area contributed by atoms with Gasteiger partial charge >= 0.3 is 5.97 Å². The molecule has 0 unspecified atom stereocenters. The van der Waals surface area contributed by atoms with Gasteiger partial charge < -0.3 is 16.2 Å². The summed E-state index contributed by atoms with van der Waals surface area (Å²) in [5.74, 6) is 0.539. The van der Waals surface area contributed by atoms with Gasteiger partial charge in [0.05, 0.1) is 5.56 Å². The maximum atomic E-state index is 12.0. The molecule has 7 nitrogen and oxygen atoms in total. The Bertz CT molecular complexity index is 616. The van der Waals surface area contributed by atoms with Gasteiger partial charge in [-0.1, -0.05) is 13.8 Å². The van der Waals surface area contributed by atoms with E-state index in [4.69, 9.17) is 16.2 Å². The van der Waals surface area contributed by atoms with E-state index >= 15 is 0 Å². The van der Waals surface area contributed by atoms with E-state index in [0.29, 0.717) is 28.7 Å². The Kier molecular flexibility index (Phi) is 4.42. The van der Waals surface area contributed by atoms with E-state index in [1.54, 1.807) is 10.7 Å². The number of nitrogens with two attached hydrogens (primary N) is 2. The van der Waals surface area contributed by atoms with Crippen LogP contribution in [0.3, 0.4) is 0 Å². The molecule has 0 aliphatic heterocycles. The van der Waals surface area contributed by atoms with Crippen molar-refractivity contribution in [2.24, 2.45) is 5.92 Å². The molecule has 0 amide bonds. The standard InChI is InChI=1S/C14H19N5O2/c1-9(2)6-19-13(17-8-18-19)7-21-14(20)10-3-11(15)5-12(16)4-10/h3-5,8-9H,6-7,15-16H2,1-2H3. The Morgan fingerprint density at radius 2 is 1.95 bits per heavy atom. The van der Waals surface area contributed by atoms with Gasteiger partial charge in [-0.05, 0) is 24.1 Å². The predicted octanol–water partition coefficient (Wildman–Crippen LogP) is 1.46. The quantitative estimate of drug-likeness (QED) is 0.637. The number of ether oxygens (including phenoxy) is 1. The van der Waals surface area contributed by atoms with Crippen molar-refractivity contribution in [1.29, 1.82) is 0 Å². The van der Waals surface area contributed by atoms with Gasteiger partial charge in [0.15, 0.2) is 12.4 Å². The SMILES string of the molecule is CC(C)Cn1ncnc1COC(=O)c1cc(N)cc(N)c1. The second kappa shape index (κ2) is 6.25. The number of benzene rings is 1. The summed E-state index contributed by atoms with van der Waals surface area (Å²) < 4.78 is 6.96. The van der Waals surface area contributed by atoms with E-state index < -0.39 is 5.97 Å². The van der Waals surface area contributed by atoms with Gasteiger partial charge in [-0.3, -0.25) is 0 Å². The molecule has 112 valence electrons. The first-order chi connectivity index (χ1) is 9.95. The minimum absolute atomic E-state index is 0.0558. The molecule has 4 N–H and O–H groups in total. The summed E-state index contributed by atoms with van der Waals surface area (Å²) in [6.45, 7) is 4.93. The molecular formula is C14H19N5O2. The maximum Gasteiger partial charge on any atom is 0.338 e. The number of rotatable bonds is 5. The summed E-state index contributed by atoms with van der Waals surface area (Å²) in [7, 11) is 0. The third-order valence-electron chi connectivity index (χ3n) is 2.78. The average Bonchev–Trinajstić information content (AvgIpc) is 2.81. The zero-order chi connectivity index (χ0) is 15.4. The van der Waals surface area contributed by atoms with Gasteiger partial charge in [0.2, 0.25) is 0 Å². The lowest BCUT2D eigenvalue weighted by Crippen LogP contribution is -2.13. The minimum Gasteiger partial charge on any atom is -0.454 e. The molecule has 1 aromatic carbocycles. The van der Waals surface area contributed by atoms with Crippen LogP contribution in [0.5, 0.6) is 0 Å². The normalized spacial score (nSPS) is 10.8. The van der Waals surface area contributed by atoms with Crippen LogP contribution < -0.4 is 11.5 Å². The van der Waals surface area contributed by atoms with Crippen molar-refractivity contribution in [3.8, 4) is 0 Å². The zero-order valence-corrected chi connectivity index (χ0v) is 12.1. The van der Waals surface area contributed by atoms with Crippen molar-refractivity contribution >= 4 is 17.3 Å². The van der Waals surface area contributed by atoms with Crippen molar-refractivity contribution in [3.63, 3.8) is 0 Å². The Labute approximate surface area is 122 Å². The molecule has 2 rings (SSSR count). The van der Waals surface area contributed by atoms with E-state index in [0.717, 1.165) is 6.54 Å². The topological polar surface area (TPSA) is 109 Å². The first kappa shape index (κ1) is 14.8. The van der Waals surface area contributed by atoms with Crippen LogP contribution in [0.4, 0.5) is 11.4 Å². The summed E-state index contributed by atoms with van der Waals surface area (Å²) in [5, 5.41) is 4.11. The smallest absolute Gasteiger partial charge is 0.338 e. The fourth-order valence-corrected chi connectivity index (χ4v) is 1.91. The molecule has 21 heavy (non-hydrogen) atoms. The Morgan fingerprint density at radius 3 is 2.57 bits per heavy atom. The average molecular weight is 289 g/mol. The molecule has 0 aliphatic rings. The summed E-state index contributed by atoms with van der Waals surface area (Å²) in [5.41, 5.74) is 12.5. The number of esters is 1. The molecule has 0 spiro atoms. The molecule has 0 bridgehead atoms. The number of hydrogen-bond acceptors (Lipinski definition) is 6. The van der Waals surface area contributed by atoms with E-state index in [1.807, 2.05) is 0 Å². The van der Waals surface area contributed by atoms with Gasteiger partial charge in [0.1, 0.15) is 6.33 Å². The van der Waals surface area contributed by atoms with E-state index in [9.17, 15) is 4.79 Å². The van der Waals surface area contributed by atoms with Crippen LogP contribution in [0.2, 0.25) is 0 Å². The first-order valence-electron chi connectivity index (χ1n) is 6.65. The largest absolute Gasteiger partial charge is 0.454 e. The third-order valence-corrected chi connectivity index (χ3v) is 2.78. The molecule has 1 heterocycles. The molecule has 0 fully saturated rings. The fourth-order valence-electron chi connectivity index (χ4n) is 1.91. The molecule has 0 saturated heterocycles. The number of nitrogen functional groups attached to an aromatic ring is 2. The number of aromatic nitrogens is 3. The van der Waals surface area contributed by atoms with Crippen LogP contribution in [0, 0.1) is 5.92 Å². The Hall–Kier alpha value is -2.57. The van der Waals surface area contributed by atoms with Crippen molar-refractivity contribution in [1.82, 2.24) is 14.8 Å². The van der Waals surface area contributed by atoms with E-state index in [1.165, 1.54) is 18.5 Å². The highest BCUT2D eigenvalue weighted by atomic mass is 16.5. The molecule has 0 aliphatic carbocycles. The highest BCUT2D eigenvalue weighted by molar-refractivity contribution is 5.91. The van der Waals surface area contributed by atoms with E-state index in [2.05, 4.69) is 23.9 Å². The Balaban J connectivity index is 2.02. The number of carbonyl (C=O) groups is 1. The van der Waals surface area contributed by atoms with Crippen LogP contribution in [0.25, 0.3) is 0 Å². The second-order valence-electron chi connectivity index (χ2n) is 5.22. The van der Waals surface area contributed by atoms with Crippen LogP contribution in [-0.4, -0.2) is 20.7 Å². The van der Waals surface area contributed by atoms with Crippen LogP contribution in [0.15, 0.2) is 24.5 Å². The highest BCUT2D eigenvalue weighted by Gasteiger charge is 2.12. The van der Waals surface area contributed by atoms with Crippen molar-refractivity contribution in [3.05, 3.63) is 35.9 Å². The van der Waals surface area contributed by atoms with Crippen molar-refractivity contribution < 1.29 is 9.53 Å². The van der Waals surface area contributed by atoms with Gasteiger partial charge in [-0.25, -0.2) is 14.5 Å². The summed E-state index contributed by atoms with van der Waals surface area (Å²) in [6, 6.07) is 4.63. The molecule has 1 aromatic heterocycles. The Morgan fingerprint density at radius 1 is 1.29 bits per heavy atom.